The molecule has 112 valence electrons. The van der Waals surface area contributed by atoms with Crippen LogP contribution in [0.1, 0.15) is 48.5 Å². The highest BCUT2D eigenvalue weighted by molar-refractivity contribution is 5.94. The van der Waals surface area contributed by atoms with E-state index in [9.17, 15) is 9.18 Å². The van der Waals surface area contributed by atoms with Crippen LogP contribution >= 0.6 is 0 Å². The van der Waals surface area contributed by atoms with Crippen LogP contribution in [0.4, 0.5) is 4.39 Å². The van der Waals surface area contributed by atoms with Gasteiger partial charge in [-0.15, -0.1) is 0 Å². The molecule has 1 saturated carbocycles. The van der Waals surface area contributed by atoms with Crippen molar-refractivity contribution >= 4 is 5.91 Å². The van der Waals surface area contributed by atoms with E-state index in [4.69, 9.17) is 5.11 Å². The fourth-order valence-electron chi connectivity index (χ4n) is 2.57. The second-order valence-corrected chi connectivity index (χ2v) is 5.58. The van der Waals surface area contributed by atoms with E-state index in [1.165, 1.54) is 12.1 Å². The minimum atomic E-state index is -0.541. The maximum absolute atomic E-state index is 13.8. The lowest BCUT2D eigenvalue weighted by Crippen LogP contribution is -2.37. The molecule has 1 aliphatic rings. The van der Waals surface area contributed by atoms with Gasteiger partial charge >= 0.3 is 0 Å². The van der Waals surface area contributed by atoms with E-state index in [2.05, 4.69) is 24.1 Å². The van der Waals surface area contributed by atoms with Gasteiger partial charge in [-0.3, -0.25) is 4.79 Å². The van der Waals surface area contributed by atoms with Gasteiger partial charge in [0.15, 0.2) is 0 Å². The summed E-state index contributed by atoms with van der Waals surface area (Å²) in [6.07, 6.45) is 4.20. The molecule has 3 nitrogen and oxygen atoms in total. The van der Waals surface area contributed by atoms with Gasteiger partial charge in [0.25, 0.3) is 5.91 Å². The molecule has 2 rings (SSSR count). The molecule has 0 aliphatic heterocycles. The number of rotatable bonds is 2. The Morgan fingerprint density at radius 3 is 2.71 bits per heavy atom. The number of nitrogens with one attached hydrogen (secondary N) is 1. The van der Waals surface area contributed by atoms with Crippen molar-refractivity contribution in [2.75, 3.05) is 6.61 Å². The third-order valence-corrected chi connectivity index (χ3v) is 3.88. The molecule has 1 fully saturated rings. The molecule has 0 radical (unpaired) electrons. The van der Waals surface area contributed by atoms with Crippen LogP contribution in [-0.4, -0.2) is 23.7 Å². The van der Waals surface area contributed by atoms with Crippen molar-refractivity contribution in [1.29, 1.82) is 0 Å². The molecule has 4 heteroatoms. The van der Waals surface area contributed by atoms with Gasteiger partial charge in [0.05, 0.1) is 5.56 Å². The first-order chi connectivity index (χ1) is 10.1. The molecule has 0 unspecified atom stereocenters. The molecule has 0 aromatic heterocycles. The van der Waals surface area contributed by atoms with Gasteiger partial charge in [-0.1, -0.05) is 18.8 Å². The number of carbonyl (C=O) groups is 1. The number of hydrogen-bond donors (Lipinski definition) is 2. The molecule has 0 saturated heterocycles. The Kier molecular flexibility index (Phi) is 5.35. The number of hydrogen-bond acceptors (Lipinski definition) is 2. The van der Waals surface area contributed by atoms with Crippen LogP contribution in [-0.2, 0) is 0 Å². The standard InChI is InChI=1S/C17H20FNO2/c1-12-4-8-15(9-5-12)19-17(21)14-7-6-13(3-2-10-20)16(18)11-14/h6-7,11-12,15,20H,4-5,8-10H2,1H3,(H,19,21). The van der Waals surface area contributed by atoms with Gasteiger partial charge in [0.2, 0.25) is 0 Å². The highest BCUT2D eigenvalue weighted by Gasteiger charge is 2.20. The number of halogens is 1. The lowest BCUT2D eigenvalue weighted by atomic mass is 9.87. The fraction of sp³-hybridized carbons (Fsp3) is 0.471. The van der Waals surface area contributed by atoms with E-state index >= 15 is 0 Å². The summed E-state index contributed by atoms with van der Waals surface area (Å²) in [5.74, 6) is 4.84. The van der Waals surface area contributed by atoms with Gasteiger partial charge in [-0.2, -0.15) is 0 Å². The molecular formula is C17H20FNO2. The van der Waals surface area contributed by atoms with Crippen LogP contribution in [0.15, 0.2) is 18.2 Å². The van der Waals surface area contributed by atoms with E-state index in [0.29, 0.717) is 5.56 Å². The molecule has 1 aromatic rings. The average molecular weight is 289 g/mol. The van der Waals surface area contributed by atoms with Crippen LogP contribution in [0, 0.1) is 23.6 Å². The van der Waals surface area contributed by atoms with Gasteiger partial charge < -0.3 is 10.4 Å². The molecular weight excluding hydrogens is 269 g/mol. The SMILES string of the molecule is CC1CCC(NC(=O)c2ccc(C#CCO)c(F)c2)CC1. The van der Waals surface area contributed by atoms with Crippen molar-refractivity contribution in [2.45, 2.75) is 38.6 Å². The predicted molar refractivity (Wildman–Crippen MR) is 79.3 cm³/mol. The van der Waals surface area contributed by atoms with Gasteiger partial charge in [-0.05, 0) is 49.8 Å². The summed E-state index contributed by atoms with van der Waals surface area (Å²) in [5.41, 5.74) is 0.493. The van der Waals surface area contributed by atoms with Gasteiger partial charge in [0, 0.05) is 11.6 Å². The van der Waals surface area contributed by atoms with Crippen molar-refractivity contribution in [3.05, 3.63) is 35.1 Å². The molecule has 0 spiro atoms. The summed E-state index contributed by atoms with van der Waals surface area (Å²) in [7, 11) is 0. The maximum atomic E-state index is 13.8. The predicted octanol–water partition coefficient (Wildman–Crippen LogP) is 2.48. The lowest BCUT2D eigenvalue weighted by Gasteiger charge is -2.26. The molecule has 0 atom stereocenters. The third-order valence-electron chi connectivity index (χ3n) is 3.88. The number of aliphatic hydroxyl groups is 1. The van der Waals surface area contributed by atoms with Crippen LogP contribution < -0.4 is 5.32 Å². The van der Waals surface area contributed by atoms with E-state index in [-0.39, 0.29) is 24.1 Å². The molecule has 1 aliphatic carbocycles. The summed E-state index contributed by atoms with van der Waals surface area (Å²) >= 11 is 0. The number of carbonyl (C=O) groups excluding carboxylic acids is 1. The van der Waals surface area contributed by atoms with Gasteiger partial charge in [0.1, 0.15) is 12.4 Å². The Hall–Kier alpha value is -1.86. The molecule has 2 N–H and O–H groups in total. The highest BCUT2D eigenvalue weighted by Crippen LogP contribution is 2.23. The van der Waals surface area contributed by atoms with Gasteiger partial charge in [-0.25, -0.2) is 4.39 Å². The Balaban J connectivity index is 2.01. The topological polar surface area (TPSA) is 49.3 Å². The summed E-state index contributed by atoms with van der Waals surface area (Å²) in [5, 5.41) is 11.6. The zero-order valence-corrected chi connectivity index (χ0v) is 12.2. The van der Waals surface area contributed by atoms with E-state index in [0.717, 1.165) is 31.6 Å². The largest absolute Gasteiger partial charge is 0.384 e. The quantitative estimate of drug-likeness (QED) is 0.822. The Morgan fingerprint density at radius 2 is 2.10 bits per heavy atom. The fourth-order valence-corrected chi connectivity index (χ4v) is 2.57. The first-order valence-corrected chi connectivity index (χ1v) is 7.30. The number of amides is 1. The zero-order chi connectivity index (χ0) is 15.2. The van der Waals surface area contributed by atoms with E-state index < -0.39 is 5.82 Å². The minimum Gasteiger partial charge on any atom is -0.384 e. The van der Waals surface area contributed by atoms with Crippen LogP contribution in [0.2, 0.25) is 0 Å². The van der Waals surface area contributed by atoms with Crippen molar-refractivity contribution in [2.24, 2.45) is 5.92 Å². The molecule has 0 bridgehead atoms. The van der Waals surface area contributed by atoms with Crippen molar-refractivity contribution in [3.63, 3.8) is 0 Å². The Morgan fingerprint density at radius 1 is 1.38 bits per heavy atom. The smallest absolute Gasteiger partial charge is 0.251 e. The summed E-state index contributed by atoms with van der Waals surface area (Å²) in [6, 6.07) is 4.41. The summed E-state index contributed by atoms with van der Waals surface area (Å²) < 4.78 is 13.8. The maximum Gasteiger partial charge on any atom is 0.251 e. The summed E-state index contributed by atoms with van der Waals surface area (Å²) in [6.45, 7) is 1.90. The molecule has 21 heavy (non-hydrogen) atoms. The molecule has 1 aromatic carbocycles. The zero-order valence-electron chi connectivity index (χ0n) is 12.2. The Labute approximate surface area is 124 Å². The monoisotopic (exact) mass is 289 g/mol. The average Bonchev–Trinajstić information content (AvgIpc) is 2.48. The highest BCUT2D eigenvalue weighted by atomic mass is 19.1. The molecule has 1 amide bonds. The second kappa shape index (κ2) is 7.24. The lowest BCUT2D eigenvalue weighted by molar-refractivity contribution is 0.0922. The molecule has 0 heterocycles. The van der Waals surface area contributed by atoms with Crippen LogP contribution in [0.25, 0.3) is 0 Å². The normalized spacial score (nSPS) is 21.3. The van der Waals surface area contributed by atoms with Crippen LogP contribution in [0.5, 0.6) is 0 Å². The summed E-state index contributed by atoms with van der Waals surface area (Å²) in [4.78, 5) is 12.1. The van der Waals surface area contributed by atoms with E-state index in [1.807, 2.05) is 0 Å². The van der Waals surface area contributed by atoms with Crippen molar-refractivity contribution in [3.8, 4) is 11.8 Å². The van der Waals surface area contributed by atoms with E-state index in [1.54, 1.807) is 6.07 Å². The third kappa shape index (κ3) is 4.30. The first-order valence-electron chi connectivity index (χ1n) is 7.30. The second-order valence-electron chi connectivity index (χ2n) is 5.58. The number of benzene rings is 1. The van der Waals surface area contributed by atoms with Crippen molar-refractivity contribution < 1.29 is 14.3 Å². The minimum absolute atomic E-state index is 0.186. The van der Waals surface area contributed by atoms with Crippen molar-refractivity contribution in [1.82, 2.24) is 5.32 Å². The Bertz CT molecular complexity index is 566. The first kappa shape index (κ1) is 15.5. The van der Waals surface area contributed by atoms with Crippen LogP contribution in [0.3, 0.4) is 0 Å². The number of aliphatic hydroxyl groups excluding tert-OH is 1.